The second-order valence-electron chi connectivity index (χ2n) is 5.70. The Kier molecular flexibility index (Phi) is 5.99. The van der Waals surface area contributed by atoms with Crippen LogP contribution >= 0.6 is 11.6 Å². The Bertz CT molecular complexity index is 1160. The highest BCUT2D eigenvalue weighted by Gasteiger charge is 2.13. The zero-order valence-electron chi connectivity index (χ0n) is 14.5. The van der Waals surface area contributed by atoms with Gasteiger partial charge in [0.2, 0.25) is 11.5 Å². The number of H-pyrrole nitrogens is 1. The quantitative estimate of drug-likeness (QED) is 0.442. The standard InChI is InChI=1S/C19H12ClF3N4O2/c20-12-9-11(5-7-13(12)21)24-19(26-16-2-1-3-17(28)25-16)27-18(29)10-4-6-14(22)15(23)8-10/h1-9H,(H3,24,25,26,27,28,29). The van der Waals surface area contributed by atoms with Crippen LogP contribution in [0.25, 0.3) is 0 Å². The predicted molar refractivity (Wildman–Crippen MR) is 103 cm³/mol. The molecule has 0 fully saturated rings. The van der Waals surface area contributed by atoms with Gasteiger partial charge in [-0.05, 0) is 42.5 Å². The minimum absolute atomic E-state index is 0.0961. The van der Waals surface area contributed by atoms with Crippen LogP contribution in [-0.4, -0.2) is 16.9 Å². The molecule has 6 nitrogen and oxygen atoms in total. The minimum atomic E-state index is -1.19. The van der Waals surface area contributed by atoms with Crippen molar-refractivity contribution in [2.24, 2.45) is 4.99 Å². The Labute approximate surface area is 167 Å². The third-order valence-corrected chi connectivity index (χ3v) is 3.87. The van der Waals surface area contributed by atoms with Crippen molar-refractivity contribution in [3.05, 3.63) is 93.0 Å². The van der Waals surface area contributed by atoms with Crippen molar-refractivity contribution in [1.82, 2.24) is 10.3 Å². The molecule has 0 unspecified atom stereocenters. The van der Waals surface area contributed by atoms with Gasteiger partial charge in [-0.25, -0.2) is 13.2 Å². The molecule has 1 heterocycles. The van der Waals surface area contributed by atoms with Crippen molar-refractivity contribution in [3.63, 3.8) is 0 Å². The first-order valence-electron chi connectivity index (χ1n) is 8.08. The van der Waals surface area contributed by atoms with E-state index in [1.54, 1.807) is 0 Å². The van der Waals surface area contributed by atoms with Gasteiger partial charge in [-0.3, -0.25) is 14.9 Å². The van der Waals surface area contributed by atoms with Crippen LogP contribution < -0.4 is 16.2 Å². The van der Waals surface area contributed by atoms with E-state index in [4.69, 9.17) is 11.6 Å². The first-order valence-corrected chi connectivity index (χ1v) is 8.46. The highest BCUT2D eigenvalue weighted by Crippen LogP contribution is 2.19. The average Bonchev–Trinajstić information content (AvgIpc) is 2.67. The fourth-order valence-electron chi connectivity index (χ4n) is 2.24. The van der Waals surface area contributed by atoms with E-state index in [1.807, 2.05) is 0 Å². The summed E-state index contributed by atoms with van der Waals surface area (Å²) >= 11 is 5.75. The molecule has 0 aliphatic rings. The van der Waals surface area contributed by atoms with Gasteiger partial charge < -0.3 is 10.3 Å². The van der Waals surface area contributed by atoms with Crippen molar-refractivity contribution in [2.75, 3.05) is 5.32 Å². The van der Waals surface area contributed by atoms with Crippen LogP contribution in [0.3, 0.4) is 0 Å². The second-order valence-corrected chi connectivity index (χ2v) is 6.10. The van der Waals surface area contributed by atoms with Crippen LogP contribution in [0.1, 0.15) is 10.4 Å². The molecule has 3 N–H and O–H groups in total. The number of pyridine rings is 1. The van der Waals surface area contributed by atoms with Crippen LogP contribution in [0.5, 0.6) is 0 Å². The maximum Gasteiger partial charge on any atom is 0.258 e. The summed E-state index contributed by atoms with van der Waals surface area (Å²) in [5, 5.41) is 4.93. The molecule has 0 radical (unpaired) electrons. The number of aromatic nitrogens is 1. The summed E-state index contributed by atoms with van der Waals surface area (Å²) in [7, 11) is 0. The van der Waals surface area contributed by atoms with Crippen molar-refractivity contribution in [3.8, 4) is 0 Å². The summed E-state index contributed by atoms with van der Waals surface area (Å²) in [6.07, 6.45) is 0. The van der Waals surface area contributed by atoms with Gasteiger partial charge in [0.1, 0.15) is 11.6 Å². The molecule has 2 aromatic carbocycles. The van der Waals surface area contributed by atoms with Crippen LogP contribution in [0.2, 0.25) is 5.02 Å². The Hall–Kier alpha value is -3.59. The molecule has 0 aliphatic heterocycles. The van der Waals surface area contributed by atoms with E-state index in [2.05, 4.69) is 20.6 Å². The molecule has 0 saturated heterocycles. The average molecular weight is 421 g/mol. The summed E-state index contributed by atoms with van der Waals surface area (Å²) in [4.78, 5) is 30.4. The lowest BCUT2D eigenvalue weighted by atomic mass is 10.2. The number of aliphatic imine (C=N–C) groups is 1. The van der Waals surface area contributed by atoms with Gasteiger partial charge in [-0.1, -0.05) is 17.7 Å². The van der Waals surface area contributed by atoms with Crippen molar-refractivity contribution in [1.29, 1.82) is 0 Å². The van der Waals surface area contributed by atoms with E-state index in [1.165, 1.54) is 30.3 Å². The number of carbonyl (C=O) groups is 1. The number of guanidine groups is 1. The molecule has 3 aromatic rings. The van der Waals surface area contributed by atoms with Crippen molar-refractivity contribution >= 4 is 35.0 Å². The topological polar surface area (TPSA) is 86.3 Å². The van der Waals surface area contributed by atoms with Gasteiger partial charge in [-0.15, -0.1) is 0 Å². The highest BCUT2D eigenvalue weighted by atomic mass is 35.5. The van der Waals surface area contributed by atoms with Crippen LogP contribution in [0.4, 0.5) is 24.7 Å². The van der Waals surface area contributed by atoms with Crippen molar-refractivity contribution < 1.29 is 18.0 Å². The van der Waals surface area contributed by atoms with Gasteiger partial charge in [0, 0.05) is 17.3 Å². The monoisotopic (exact) mass is 420 g/mol. The molecule has 1 aromatic heterocycles. The summed E-state index contributed by atoms with van der Waals surface area (Å²) in [5.41, 5.74) is -0.321. The fourth-order valence-corrected chi connectivity index (χ4v) is 2.42. The van der Waals surface area contributed by atoms with Crippen LogP contribution in [-0.2, 0) is 0 Å². The molecule has 0 atom stereocenters. The highest BCUT2D eigenvalue weighted by molar-refractivity contribution is 6.31. The Morgan fingerprint density at radius 2 is 1.72 bits per heavy atom. The SMILES string of the molecule is O=C(N/C(=N\c1cccc(=O)[nH]1)Nc1ccc(F)c(Cl)c1)c1ccc(F)c(F)c1. The lowest BCUT2D eigenvalue weighted by Crippen LogP contribution is -2.36. The van der Waals surface area contributed by atoms with Gasteiger partial charge >= 0.3 is 0 Å². The van der Waals surface area contributed by atoms with Gasteiger partial charge in [0.25, 0.3) is 5.91 Å². The molecule has 148 valence electrons. The molecule has 10 heteroatoms. The fraction of sp³-hybridized carbons (Fsp3) is 0. The van der Waals surface area contributed by atoms with Gasteiger partial charge in [0.05, 0.1) is 5.02 Å². The normalized spacial score (nSPS) is 11.2. The first kappa shape index (κ1) is 20.2. The Balaban J connectivity index is 1.93. The largest absolute Gasteiger partial charge is 0.326 e. The van der Waals surface area contributed by atoms with Gasteiger partial charge in [-0.2, -0.15) is 4.99 Å². The van der Waals surface area contributed by atoms with E-state index in [-0.39, 0.29) is 28.1 Å². The molecule has 29 heavy (non-hydrogen) atoms. The number of halogens is 4. The van der Waals surface area contributed by atoms with E-state index in [0.717, 1.165) is 24.3 Å². The van der Waals surface area contributed by atoms with E-state index < -0.39 is 28.9 Å². The number of amides is 1. The molecule has 0 spiro atoms. The zero-order valence-corrected chi connectivity index (χ0v) is 15.2. The predicted octanol–water partition coefficient (Wildman–Crippen LogP) is 3.98. The maximum absolute atomic E-state index is 13.4. The molecular weight excluding hydrogens is 409 g/mol. The molecule has 1 amide bonds. The number of nitrogens with one attached hydrogen (secondary N) is 3. The molecule has 3 rings (SSSR count). The van der Waals surface area contributed by atoms with E-state index >= 15 is 0 Å². The lowest BCUT2D eigenvalue weighted by Gasteiger charge is -2.12. The zero-order chi connectivity index (χ0) is 21.0. The lowest BCUT2D eigenvalue weighted by molar-refractivity contribution is 0.0976. The Morgan fingerprint density at radius 3 is 2.41 bits per heavy atom. The number of hydrogen-bond donors (Lipinski definition) is 3. The molecule has 0 aliphatic carbocycles. The van der Waals surface area contributed by atoms with E-state index in [0.29, 0.717) is 0 Å². The number of carbonyl (C=O) groups excluding carboxylic acids is 1. The number of hydrogen-bond acceptors (Lipinski definition) is 3. The van der Waals surface area contributed by atoms with Crippen LogP contribution in [0.15, 0.2) is 64.4 Å². The molecule has 0 saturated carbocycles. The smallest absolute Gasteiger partial charge is 0.258 e. The van der Waals surface area contributed by atoms with Crippen molar-refractivity contribution in [2.45, 2.75) is 0 Å². The third kappa shape index (κ3) is 5.23. The van der Waals surface area contributed by atoms with E-state index in [9.17, 15) is 22.8 Å². The third-order valence-electron chi connectivity index (χ3n) is 3.58. The number of nitrogens with zero attached hydrogens (tertiary/aromatic N) is 1. The molecular formula is C19H12ClF3N4O2. The summed E-state index contributed by atoms with van der Waals surface area (Å²) in [6, 6.07) is 10.5. The molecule has 0 bridgehead atoms. The number of rotatable bonds is 3. The summed E-state index contributed by atoms with van der Waals surface area (Å²) < 4.78 is 39.9. The number of anilines is 1. The summed E-state index contributed by atoms with van der Waals surface area (Å²) in [5.74, 6) is -3.82. The number of aromatic amines is 1. The summed E-state index contributed by atoms with van der Waals surface area (Å²) in [6.45, 7) is 0. The first-order chi connectivity index (χ1) is 13.8. The number of benzene rings is 2. The van der Waals surface area contributed by atoms with Gasteiger partial charge in [0.15, 0.2) is 11.6 Å². The minimum Gasteiger partial charge on any atom is -0.326 e. The maximum atomic E-state index is 13.4. The Morgan fingerprint density at radius 1 is 0.966 bits per heavy atom. The second kappa shape index (κ2) is 8.61. The van der Waals surface area contributed by atoms with Crippen LogP contribution in [0, 0.1) is 17.5 Å².